The van der Waals surface area contributed by atoms with Crippen LogP contribution in [0.25, 0.3) is 39.0 Å². The molecule has 12 heteroatoms. The molecule has 3 unspecified atom stereocenters. The minimum absolute atomic E-state index is 0.0203. The molecule has 0 radical (unpaired) electrons. The van der Waals surface area contributed by atoms with E-state index in [4.69, 9.17) is 16.1 Å². The Morgan fingerprint density at radius 3 is 2.72 bits per heavy atom. The number of nitrogens with zero attached hydrogens (tertiary/aromatic N) is 7. The molecule has 4 aliphatic rings. The molecule has 0 saturated carbocycles. The highest BCUT2D eigenvalue weighted by Crippen LogP contribution is 2.43. The molecule has 4 saturated heterocycles. The smallest absolute Gasteiger partial charge is 0.319 e. The fourth-order valence-corrected chi connectivity index (χ4v) is 9.09. The van der Waals surface area contributed by atoms with Crippen molar-refractivity contribution in [2.75, 3.05) is 37.7 Å². The first-order valence-electron chi connectivity index (χ1n) is 18.1. The number of rotatable bonds is 7. The Kier molecular flexibility index (Phi) is 8.26. The van der Waals surface area contributed by atoms with Crippen LogP contribution in [0.4, 0.5) is 19.0 Å². The van der Waals surface area contributed by atoms with Gasteiger partial charge in [0.05, 0.1) is 28.7 Å². The van der Waals surface area contributed by atoms with Gasteiger partial charge >= 0.3 is 6.01 Å². The van der Waals surface area contributed by atoms with Gasteiger partial charge in [-0.2, -0.15) is 9.97 Å². The summed E-state index contributed by atoms with van der Waals surface area (Å²) in [6.45, 7) is 2.16. The van der Waals surface area contributed by atoms with E-state index in [1.54, 1.807) is 41.6 Å². The van der Waals surface area contributed by atoms with Crippen LogP contribution in [0.2, 0.25) is 0 Å². The Hall–Kier alpha value is -5.54. The number of carbonyl (C=O) groups excluding carboxylic acids is 1. The van der Waals surface area contributed by atoms with Crippen molar-refractivity contribution >= 4 is 39.5 Å². The van der Waals surface area contributed by atoms with Crippen LogP contribution >= 0.6 is 0 Å². The van der Waals surface area contributed by atoms with Gasteiger partial charge in [-0.15, -0.1) is 6.42 Å². The van der Waals surface area contributed by atoms with Crippen LogP contribution in [0.3, 0.4) is 0 Å². The molecule has 0 spiro atoms. The van der Waals surface area contributed by atoms with Gasteiger partial charge in [0.25, 0.3) is 5.91 Å². The first-order valence-corrected chi connectivity index (χ1v) is 18.1. The van der Waals surface area contributed by atoms with Crippen molar-refractivity contribution in [3.05, 3.63) is 89.9 Å². The minimum Gasteiger partial charge on any atom is -0.461 e. The monoisotopic (exact) mass is 715 g/mol. The largest absolute Gasteiger partial charge is 0.461 e. The van der Waals surface area contributed by atoms with E-state index >= 15 is 8.78 Å². The summed E-state index contributed by atoms with van der Waals surface area (Å²) in [6, 6.07) is 15.7. The molecule has 9 rings (SSSR count). The summed E-state index contributed by atoms with van der Waals surface area (Å²) < 4.78 is 53.2. The van der Waals surface area contributed by atoms with Crippen LogP contribution in [0, 0.1) is 18.2 Å². The average Bonchev–Trinajstić information content (AvgIpc) is 3.95. The van der Waals surface area contributed by atoms with Gasteiger partial charge in [0.15, 0.2) is 11.6 Å². The average molecular weight is 716 g/mol. The van der Waals surface area contributed by atoms with Crippen molar-refractivity contribution in [1.29, 1.82) is 0 Å². The first kappa shape index (κ1) is 33.3. The fraction of sp³-hybridized carbons (Fsp3) is 0.341. The van der Waals surface area contributed by atoms with Gasteiger partial charge in [0, 0.05) is 61.0 Å². The van der Waals surface area contributed by atoms with E-state index in [2.05, 4.69) is 25.8 Å². The Morgan fingerprint density at radius 1 is 1.04 bits per heavy atom. The molecule has 1 amide bonds. The number of benzene rings is 2. The van der Waals surface area contributed by atoms with Crippen molar-refractivity contribution in [1.82, 2.24) is 29.7 Å². The van der Waals surface area contributed by atoms with E-state index in [0.29, 0.717) is 72.3 Å². The van der Waals surface area contributed by atoms with E-state index < -0.39 is 29.3 Å². The predicted octanol–water partition coefficient (Wildman–Crippen LogP) is 6.51. The lowest BCUT2D eigenvalue weighted by atomic mass is 9.95. The zero-order chi connectivity index (χ0) is 36.3. The fourth-order valence-electron chi connectivity index (χ4n) is 9.09. The Balaban J connectivity index is 1.10. The van der Waals surface area contributed by atoms with Gasteiger partial charge in [0.2, 0.25) is 0 Å². The summed E-state index contributed by atoms with van der Waals surface area (Å²) in [5.41, 5.74) is 1.15. The van der Waals surface area contributed by atoms with Gasteiger partial charge in [-0.05, 0) is 55.8 Å². The van der Waals surface area contributed by atoms with Crippen molar-refractivity contribution in [3.8, 4) is 29.6 Å². The number of carbonyl (C=O) groups is 1. The number of hydrogen-bond donors (Lipinski definition) is 0. The molecule has 3 aromatic heterocycles. The molecular formula is C41H36F3N7O2. The molecule has 4 fully saturated rings. The number of amides is 1. The highest BCUT2D eigenvalue weighted by Gasteiger charge is 2.50. The maximum Gasteiger partial charge on any atom is 0.319 e. The standard InChI is InChI=1S/C41H36F3N7O2/c1-2-25-8-5-9-26-10-6-12-29(34(25)26)36-35(44)37-30(22-46-36)38(48-40(47-37)53-24-41-15-7-17-49(41)23-27(42)21-41)50-18-13-33-32(50)14-19-51(33)39(52)31(43)20-28-11-3-4-16-45-28/h1,3-6,8-12,16,20,22,27,32-33H,7,13-15,17-19,21,23-24H2/b31-20-/t27-,32?,33?,41?/m1/s1. The summed E-state index contributed by atoms with van der Waals surface area (Å²) in [7, 11) is 0. The van der Waals surface area contributed by atoms with Gasteiger partial charge in [-0.1, -0.05) is 42.3 Å². The first-order chi connectivity index (χ1) is 25.8. The highest BCUT2D eigenvalue weighted by atomic mass is 19.1. The third-order valence-corrected chi connectivity index (χ3v) is 11.5. The second kappa shape index (κ2) is 13.1. The zero-order valence-electron chi connectivity index (χ0n) is 28.9. The maximum atomic E-state index is 17.0. The number of hydrogen-bond acceptors (Lipinski definition) is 8. The topological polar surface area (TPSA) is 87.6 Å². The molecule has 4 atom stereocenters. The molecule has 9 nitrogen and oxygen atoms in total. The van der Waals surface area contributed by atoms with Gasteiger partial charge in [-0.25, -0.2) is 13.2 Å². The number of halogens is 3. The van der Waals surface area contributed by atoms with Crippen molar-refractivity contribution in [3.63, 3.8) is 0 Å². The molecular weight excluding hydrogens is 679 g/mol. The number of ether oxygens (including phenoxy) is 1. The normalized spacial score (nSPS) is 24.2. The molecule has 4 aliphatic heterocycles. The van der Waals surface area contributed by atoms with Crippen LogP contribution in [-0.2, 0) is 4.79 Å². The molecule has 53 heavy (non-hydrogen) atoms. The van der Waals surface area contributed by atoms with Crippen LogP contribution in [0.5, 0.6) is 6.01 Å². The second-order valence-electron chi connectivity index (χ2n) is 14.4. The molecule has 0 bridgehead atoms. The molecule has 2 aromatic carbocycles. The lowest BCUT2D eigenvalue weighted by Gasteiger charge is -2.31. The van der Waals surface area contributed by atoms with Crippen LogP contribution < -0.4 is 9.64 Å². The molecule has 0 N–H and O–H groups in total. The van der Waals surface area contributed by atoms with Gasteiger partial charge < -0.3 is 14.5 Å². The van der Waals surface area contributed by atoms with Crippen molar-refractivity contribution in [2.24, 2.45) is 0 Å². The Morgan fingerprint density at radius 2 is 1.89 bits per heavy atom. The minimum atomic E-state index is -0.940. The number of likely N-dealkylation sites (tertiary alicyclic amines) is 1. The van der Waals surface area contributed by atoms with Gasteiger partial charge in [0.1, 0.15) is 29.8 Å². The number of alkyl halides is 1. The quantitative estimate of drug-likeness (QED) is 0.139. The van der Waals surface area contributed by atoms with E-state index in [-0.39, 0.29) is 35.9 Å². The summed E-state index contributed by atoms with van der Waals surface area (Å²) in [5, 5.41) is 1.94. The van der Waals surface area contributed by atoms with E-state index in [1.165, 1.54) is 0 Å². The highest BCUT2D eigenvalue weighted by molar-refractivity contribution is 6.02. The third kappa shape index (κ3) is 5.65. The number of fused-ring (bicyclic) bond motifs is 4. The Labute approximate surface area is 304 Å². The zero-order valence-corrected chi connectivity index (χ0v) is 28.9. The van der Waals surface area contributed by atoms with Crippen molar-refractivity contribution in [2.45, 2.75) is 55.9 Å². The van der Waals surface area contributed by atoms with Crippen LogP contribution in [-0.4, -0.2) is 92.2 Å². The molecule has 268 valence electrons. The third-order valence-electron chi connectivity index (χ3n) is 11.5. The van der Waals surface area contributed by atoms with E-state index in [0.717, 1.165) is 30.8 Å². The SMILES string of the molecule is C#Cc1cccc2cccc(-c3ncc4c(N5CCC6C5CCN6C(=O)/C(F)=C/c5ccccn5)nc(OCC56CCCN5C[C@H](F)C6)nc4c3F)c12. The summed E-state index contributed by atoms with van der Waals surface area (Å²) >= 11 is 0. The van der Waals surface area contributed by atoms with Gasteiger partial charge in [-0.3, -0.25) is 19.7 Å². The number of pyridine rings is 2. The lowest BCUT2D eigenvalue weighted by molar-refractivity contribution is -0.129. The summed E-state index contributed by atoms with van der Waals surface area (Å²) in [4.78, 5) is 37.4. The summed E-state index contributed by atoms with van der Waals surface area (Å²) in [6.07, 6.45) is 12.4. The lowest BCUT2D eigenvalue weighted by Crippen LogP contribution is -2.43. The van der Waals surface area contributed by atoms with Crippen molar-refractivity contribution < 1.29 is 22.7 Å². The van der Waals surface area contributed by atoms with Crippen LogP contribution in [0.15, 0.2) is 72.8 Å². The number of terminal acetylenes is 1. The van der Waals surface area contributed by atoms with E-state index in [9.17, 15) is 9.18 Å². The second-order valence-corrected chi connectivity index (χ2v) is 14.4. The summed E-state index contributed by atoms with van der Waals surface area (Å²) in [5.74, 6) is 0.917. The molecule has 0 aliphatic carbocycles. The maximum absolute atomic E-state index is 17.0. The van der Waals surface area contributed by atoms with E-state index in [1.807, 2.05) is 35.2 Å². The van der Waals surface area contributed by atoms with Crippen LogP contribution in [0.1, 0.15) is 43.4 Å². The number of anilines is 1. The predicted molar refractivity (Wildman–Crippen MR) is 196 cm³/mol. The number of aromatic nitrogens is 4. The Bertz CT molecular complexity index is 2330. The molecule has 5 aromatic rings. The molecule has 7 heterocycles.